The quantitative estimate of drug-likeness (QED) is 0.653. The molecule has 0 bridgehead atoms. The van der Waals surface area contributed by atoms with Crippen molar-refractivity contribution in [1.29, 1.82) is 0 Å². The first-order valence-corrected chi connectivity index (χ1v) is 6.21. The van der Waals surface area contributed by atoms with Gasteiger partial charge in [-0.2, -0.15) is 0 Å². The van der Waals surface area contributed by atoms with Gasteiger partial charge in [0, 0.05) is 0 Å². The molecule has 13 heavy (non-hydrogen) atoms. The molecule has 0 atom stereocenters. The van der Waals surface area contributed by atoms with E-state index in [-0.39, 0.29) is 21.0 Å². The first kappa shape index (κ1) is 10.6. The molecule has 1 aromatic carbocycles. The predicted molar refractivity (Wildman–Crippen MR) is 57.4 cm³/mol. The second kappa shape index (κ2) is 4.18. The molecular formula is C11H16AlO+. The van der Waals surface area contributed by atoms with Crippen LogP contribution < -0.4 is 3.79 Å². The molecule has 68 valence electrons. The summed E-state index contributed by atoms with van der Waals surface area (Å²) >= 11 is 0.0940. The molecule has 2 heteroatoms. The third-order valence-corrected chi connectivity index (χ3v) is 2.48. The van der Waals surface area contributed by atoms with Gasteiger partial charge in [0.25, 0.3) is 0 Å². The summed E-state index contributed by atoms with van der Waals surface area (Å²) in [4.78, 5) is 0. The maximum absolute atomic E-state index is 5.46. The minimum atomic E-state index is 0.0940. The summed E-state index contributed by atoms with van der Waals surface area (Å²) in [5.74, 6) is 3.07. The van der Waals surface area contributed by atoms with Crippen molar-refractivity contribution in [3.63, 3.8) is 0 Å². The van der Waals surface area contributed by atoms with E-state index in [0.717, 1.165) is 5.75 Å². The van der Waals surface area contributed by atoms with Gasteiger partial charge in [-0.25, -0.2) is 0 Å². The Hall–Kier alpha value is -0.448. The Labute approximate surface area is 87.2 Å². The van der Waals surface area contributed by atoms with Crippen LogP contribution >= 0.6 is 0 Å². The maximum atomic E-state index is 5.46. The van der Waals surface area contributed by atoms with Crippen LogP contribution in [0.25, 0.3) is 0 Å². The fourth-order valence-corrected chi connectivity index (χ4v) is 1.60. The third-order valence-electron chi connectivity index (χ3n) is 1.97. The van der Waals surface area contributed by atoms with E-state index in [0.29, 0.717) is 0 Å². The van der Waals surface area contributed by atoms with Crippen molar-refractivity contribution in [1.82, 2.24) is 0 Å². The van der Waals surface area contributed by atoms with Gasteiger partial charge in [-0.3, -0.25) is 0 Å². The molecule has 0 heterocycles. The molecule has 0 aromatic heterocycles. The fourth-order valence-electron chi connectivity index (χ4n) is 1.17. The average molecular weight is 191 g/mol. The van der Waals surface area contributed by atoms with Crippen LogP contribution in [0.3, 0.4) is 0 Å². The van der Waals surface area contributed by atoms with Gasteiger partial charge in [0.05, 0.1) is 0 Å². The monoisotopic (exact) mass is 191 g/mol. The van der Waals surface area contributed by atoms with Crippen molar-refractivity contribution in [2.75, 3.05) is 0 Å². The van der Waals surface area contributed by atoms with Crippen LogP contribution in [0.2, 0.25) is 5.79 Å². The molecule has 0 saturated heterocycles. The summed E-state index contributed by atoms with van der Waals surface area (Å²) in [7, 11) is 0. The molecule has 1 rings (SSSR count). The predicted octanol–water partition coefficient (Wildman–Crippen LogP) is 3.03. The molecule has 0 saturated carbocycles. The van der Waals surface area contributed by atoms with Gasteiger partial charge >= 0.3 is 86.9 Å². The van der Waals surface area contributed by atoms with E-state index in [9.17, 15) is 0 Å². The first-order valence-electron chi connectivity index (χ1n) is 4.59. The van der Waals surface area contributed by atoms with Crippen molar-refractivity contribution in [3.05, 3.63) is 29.8 Å². The van der Waals surface area contributed by atoms with Crippen molar-refractivity contribution in [2.24, 2.45) is 0 Å². The average Bonchev–Trinajstić information content (AvgIpc) is 2.04. The number of hydrogen-bond acceptors (Lipinski definition) is 1. The Bertz CT molecular complexity index is 258. The second-order valence-corrected chi connectivity index (χ2v) is 4.84. The third kappa shape index (κ3) is 3.06. The van der Waals surface area contributed by atoms with Crippen LogP contribution in [0.15, 0.2) is 24.3 Å². The summed E-state index contributed by atoms with van der Waals surface area (Å²) in [5.41, 5.74) is 1.59. The van der Waals surface area contributed by atoms with E-state index in [4.69, 9.17) is 3.79 Å². The van der Waals surface area contributed by atoms with Gasteiger partial charge in [-0.15, -0.1) is 0 Å². The van der Waals surface area contributed by atoms with Gasteiger partial charge in [-0.1, -0.05) is 0 Å². The molecule has 0 fully saturated rings. The van der Waals surface area contributed by atoms with Crippen LogP contribution in [0.1, 0.15) is 26.3 Å². The van der Waals surface area contributed by atoms with Crippen LogP contribution in [0.5, 0.6) is 5.75 Å². The van der Waals surface area contributed by atoms with E-state index in [1.165, 1.54) is 5.56 Å². The molecule has 1 aromatic rings. The van der Waals surface area contributed by atoms with E-state index in [2.05, 4.69) is 50.8 Å². The number of hydrogen-bond donors (Lipinski definition) is 0. The van der Waals surface area contributed by atoms with E-state index < -0.39 is 0 Å². The Morgan fingerprint density at radius 1 is 1.08 bits per heavy atom. The molecule has 0 aliphatic rings. The van der Waals surface area contributed by atoms with Crippen molar-refractivity contribution in [3.8, 4) is 5.75 Å². The SMILES string of the molecule is [CH3][Al+][O]c1ccc(C(C)(C)C)cc1. The molecule has 0 N–H and O–H groups in total. The Kier molecular flexibility index (Phi) is 3.41. The van der Waals surface area contributed by atoms with Crippen LogP contribution in [-0.4, -0.2) is 15.6 Å². The van der Waals surface area contributed by atoms with Gasteiger partial charge in [0.15, 0.2) is 0 Å². The molecule has 0 aliphatic carbocycles. The van der Waals surface area contributed by atoms with Crippen LogP contribution in [-0.2, 0) is 5.41 Å². The fraction of sp³-hybridized carbons (Fsp3) is 0.455. The normalized spacial score (nSPS) is 10.8. The standard InChI is InChI=1S/C10H14O.CH3.Al/c1-10(2,3)8-4-6-9(11)7-5-8;;/h4-7,11H,1-3H3;1H3;/q;;+2/p-1. The summed E-state index contributed by atoms with van der Waals surface area (Å²) in [6.45, 7) is 6.65. The topological polar surface area (TPSA) is 9.23 Å². The molecule has 0 amide bonds. The van der Waals surface area contributed by atoms with E-state index >= 15 is 0 Å². The molecular weight excluding hydrogens is 175 g/mol. The first-order chi connectivity index (χ1) is 6.04. The number of benzene rings is 1. The van der Waals surface area contributed by atoms with Gasteiger partial charge in [0.1, 0.15) is 0 Å². The molecule has 0 spiro atoms. The second-order valence-electron chi connectivity index (χ2n) is 4.13. The van der Waals surface area contributed by atoms with E-state index in [1.54, 1.807) is 0 Å². The Morgan fingerprint density at radius 3 is 2.00 bits per heavy atom. The van der Waals surface area contributed by atoms with E-state index in [1.807, 2.05) is 0 Å². The summed E-state index contributed by atoms with van der Waals surface area (Å²) < 4.78 is 5.46. The molecule has 0 aliphatic heterocycles. The van der Waals surface area contributed by atoms with Crippen LogP contribution in [0.4, 0.5) is 0 Å². The zero-order valence-corrected chi connectivity index (χ0v) is 9.95. The molecule has 0 unspecified atom stereocenters. The molecule has 0 radical (unpaired) electrons. The van der Waals surface area contributed by atoms with Gasteiger partial charge in [-0.05, 0) is 0 Å². The van der Waals surface area contributed by atoms with Crippen molar-refractivity contribution >= 4 is 15.6 Å². The van der Waals surface area contributed by atoms with Crippen molar-refractivity contribution < 1.29 is 3.79 Å². The zero-order valence-electron chi connectivity index (χ0n) is 8.79. The van der Waals surface area contributed by atoms with Crippen molar-refractivity contribution in [2.45, 2.75) is 32.0 Å². The minimum absolute atomic E-state index is 0.0940. The number of rotatable bonds is 2. The zero-order chi connectivity index (χ0) is 9.90. The summed E-state index contributed by atoms with van der Waals surface area (Å²) in [5, 5.41) is 0. The van der Waals surface area contributed by atoms with Gasteiger partial charge < -0.3 is 0 Å². The Morgan fingerprint density at radius 2 is 1.62 bits per heavy atom. The van der Waals surface area contributed by atoms with Crippen LogP contribution in [0, 0.1) is 0 Å². The molecule has 1 nitrogen and oxygen atoms in total. The van der Waals surface area contributed by atoms with Gasteiger partial charge in [0.2, 0.25) is 0 Å². The Balaban J connectivity index is 2.81. The summed E-state index contributed by atoms with van der Waals surface area (Å²) in [6, 6.07) is 8.39. The summed E-state index contributed by atoms with van der Waals surface area (Å²) in [6.07, 6.45) is 0.